The summed E-state index contributed by atoms with van der Waals surface area (Å²) in [5.74, 6) is 1.59. The van der Waals surface area contributed by atoms with E-state index in [2.05, 4.69) is 15.6 Å². The Morgan fingerprint density at radius 2 is 1.68 bits per heavy atom. The quantitative estimate of drug-likeness (QED) is 0.561. The first-order valence-corrected chi connectivity index (χ1v) is 9.74. The Hall–Kier alpha value is -2.21. The van der Waals surface area contributed by atoms with Gasteiger partial charge in [0, 0.05) is 42.4 Å². The lowest BCUT2D eigenvalue weighted by Crippen LogP contribution is -2.40. The summed E-state index contributed by atoms with van der Waals surface area (Å²) in [5.41, 5.74) is 2.15. The largest absolute Gasteiger partial charge is 0.356 e. The van der Waals surface area contributed by atoms with Crippen molar-refractivity contribution >= 4 is 16.8 Å². The van der Waals surface area contributed by atoms with Crippen LogP contribution < -0.4 is 10.6 Å². The number of aliphatic imine (C=N–C) groups is 1. The van der Waals surface area contributed by atoms with Gasteiger partial charge in [0.1, 0.15) is 5.82 Å². The maximum Gasteiger partial charge on any atom is 0.191 e. The fourth-order valence-electron chi connectivity index (χ4n) is 2.31. The molecule has 0 heterocycles. The minimum Gasteiger partial charge on any atom is -0.356 e. The summed E-state index contributed by atoms with van der Waals surface area (Å²) < 4.78 is 25.0. The molecule has 0 bridgehead atoms. The van der Waals surface area contributed by atoms with E-state index in [-0.39, 0.29) is 5.82 Å². The van der Waals surface area contributed by atoms with Crippen molar-refractivity contribution in [2.75, 3.05) is 25.9 Å². The van der Waals surface area contributed by atoms with Gasteiger partial charge in [-0.15, -0.1) is 0 Å². The molecule has 0 radical (unpaired) electrons. The van der Waals surface area contributed by atoms with E-state index in [9.17, 15) is 8.60 Å². The van der Waals surface area contributed by atoms with Crippen LogP contribution in [0.25, 0.3) is 0 Å². The van der Waals surface area contributed by atoms with E-state index < -0.39 is 10.8 Å². The Balaban J connectivity index is 1.64. The standard InChI is InChI=1S/C19H24FN3OS/c1-21-19(22-12-11-16-7-9-18(20)10-8-16)23-13-14-25(24)15-17-5-3-2-4-6-17/h2-10H,11-15H2,1H3,(H2,21,22,23). The third-order valence-electron chi connectivity index (χ3n) is 3.64. The van der Waals surface area contributed by atoms with Crippen molar-refractivity contribution < 1.29 is 8.60 Å². The van der Waals surface area contributed by atoms with E-state index >= 15 is 0 Å². The van der Waals surface area contributed by atoms with Crippen LogP contribution in [0.2, 0.25) is 0 Å². The molecule has 2 rings (SSSR count). The van der Waals surface area contributed by atoms with Gasteiger partial charge < -0.3 is 10.6 Å². The van der Waals surface area contributed by atoms with E-state index in [4.69, 9.17) is 0 Å². The Morgan fingerprint density at radius 3 is 2.36 bits per heavy atom. The van der Waals surface area contributed by atoms with Crippen LogP contribution in [-0.2, 0) is 23.0 Å². The summed E-state index contributed by atoms with van der Waals surface area (Å²) in [5, 5.41) is 6.37. The van der Waals surface area contributed by atoms with E-state index in [1.165, 1.54) is 12.1 Å². The van der Waals surface area contributed by atoms with E-state index in [0.717, 1.165) is 17.5 Å². The number of hydrogen-bond acceptors (Lipinski definition) is 2. The lowest BCUT2D eigenvalue weighted by molar-refractivity contribution is 0.626. The molecule has 2 N–H and O–H groups in total. The Morgan fingerprint density at radius 1 is 1.00 bits per heavy atom. The van der Waals surface area contributed by atoms with E-state index in [0.29, 0.717) is 30.6 Å². The first-order valence-electron chi connectivity index (χ1n) is 8.25. The van der Waals surface area contributed by atoms with Crippen LogP contribution >= 0.6 is 0 Å². The molecular formula is C19H24FN3OS. The Bertz CT molecular complexity index is 690. The zero-order valence-corrected chi connectivity index (χ0v) is 15.2. The number of benzene rings is 2. The topological polar surface area (TPSA) is 53.5 Å². The summed E-state index contributed by atoms with van der Waals surface area (Å²) in [4.78, 5) is 4.15. The van der Waals surface area contributed by atoms with Crippen molar-refractivity contribution in [2.24, 2.45) is 4.99 Å². The molecular weight excluding hydrogens is 337 g/mol. The maximum atomic E-state index is 12.9. The number of nitrogens with zero attached hydrogens (tertiary/aromatic N) is 1. The molecule has 2 aromatic rings. The van der Waals surface area contributed by atoms with Crippen LogP contribution in [0.1, 0.15) is 11.1 Å². The molecule has 0 fully saturated rings. The average molecular weight is 361 g/mol. The van der Waals surface area contributed by atoms with Crippen molar-refractivity contribution in [3.63, 3.8) is 0 Å². The number of halogens is 1. The Kier molecular flexibility index (Phi) is 8.12. The SMILES string of the molecule is CN=C(NCCc1ccc(F)cc1)NCCS(=O)Cc1ccccc1. The van der Waals surface area contributed by atoms with Gasteiger partial charge in [-0.05, 0) is 29.7 Å². The molecule has 0 aliphatic carbocycles. The first-order chi connectivity index (χ1) is 12.2. The third kappa shape index (κ3) is 7.47. The molecule has 0 aliphatic rings. The van der Waals surface area contributed by atoms with E-state index in [1.807, 2.05) is 30.3 Å². The predicted molar refractivity (Wildman–Crippen MR) is 103 cm³/mol. The number of rotatable bonds is 8. The highest BCUT2D eigenvalue weighted by atomic mass is 32.2. The second kappa shape index (κ2) is 10.6. The summed E-state index contributed by atoms with van der Waals surface area (Å²) >= 11 is 0. The zero-order valence-electron chi connectivity index (χ0n) is 14.4. The minimum absolute atomic E-state index is 0.224. The summed E-state index contributed by atoms with van der Waals surface area (Å²) in [6.07, 6.45) is 0.779. The molecule has 0 amide bonds. The van der Waals surface area contributed by atoms with Crippen molar-refractivity contribution in [3.8, 4) is 0 Å². The van der Waals surface area contributed by atoms with Crippen LogP contribution in [0.5, 0.6) is 0 Å². The second-order valence-electron chi connectivity index (χ2n) is 5.58. The zero-order chi connectivity index (χ0) is 17.9. The first kappa shape index (κ1) is 19.1. The highest BCUT2D eigenvalue weighted by Crippen LogP contribution is 2.03. The molecule has 6 heteroatoms. The van der Waals surface area contributed by atoms with Gasteiger partial charge in [-0.1, -0.05) is 42.5 Å². The average Bonchev–Trinajstić information content (AvgIpc) is 2.63. The molecule has 25 heavy (non-hydrogen) atoms. The minimum atomic E-state index is -0.908. The molecule has 4 nitrogen and oxygen atoms in total. The van der Waals surface area contributed by atoms with Gasteiger partial charge in [0.25, 0.3) is 0 Å². The fraction of sp³-hybridized carbons (Fsp3) is 0.316. The molecule has 1 atom stereocenters. The molecule has 0 aromatic heterocycles. The van der Waals surface area contributed by atoms with Crippen molar-refractivity contribution in [3.05, 3.63) is 71.5 Å². The summed E-state index contributed by atoms with van der Waals surface area (Å²) in [7, 11) is 0.795. The predicted octanol–water partition coefficient (Wildman–Crippen LogP) is 2.48. The van der Waals surface area contributed by atoms with Crippen molar-refractivity contribution in [1.82, 2.24) is 10.6 Å². The summed E-state index contributed by atoms with van der Waals surface area (Å²) in [6.45, 7) is 1.29. The van der Waals surface area contributed by atoms with Gasteiger partial charge in [-0.3, -0.25) is 9.20 Å². The summed E-state index contributed by atoms with van der Waals surface area (Å²) in [6, 6.07) is 16.3. The van der Waals surface area contributed by atoms with Crippen LogP contribution in [0.4, 0.5) is 4.39 Å². The molecule has 0 saturated heterocycles. The van der Waals surface area contributed by atoms with Gasteiger partial charge in [-0.25, -0.2) is 4.39 Å². The van der Waals surface area contributed by atoms with Crippen LogP contribution in [0.15, 0.2) is 59.6 Å². The molecule has 0 aliphatic heterocycles. The van der Waals surface area contributed by atoms with Gasteiger partial charge in [-0.2, -0.15) is 0 Å². The molecule has 1 unspecified atom stereocenters. The fourth-order valence-corrected chi connectivity index (χ4v) is 3.35. The number of hydrogen-bond donors (Lipinski definition) is 2. The molecule has 0 spiro atoms. The molecule has 0 saturated carbocycles. The second-order valence-corrected chi connectivity index (χ2v) is 7.15. The van der Waals surface area contributed by atoms with Crippen LogP contribution in [0.3, 0.4) is 0 Å². The monoisotopic (exact) mass is 361 g/mol. The Labute approximate surface area is 151 Å². The normalized spacial score (nSPS) is 12.6. The van der Waals surface area contributed by atoms with Crippen LogP contribution in [0, 0.1) is 5.82 Å². The highest BCUT2D eigenvalue weighted by Gasteiger charge is 2.03. The van der Waals surface area contributed by atoms with Crippen molar-refractivity contribution in [2.45, 2.75) is 12.2 Å². The van der Waals surface area contributed by atoms with Crippen LogP contribution in [-0.4, -0.2) is 36.1 Å². The number of guanidine groups is 1. The highest BCUT2D eigenvalue weighted by molar-refractivity contribution is 7.84. The van der Waals surface area contributed by atoms with Gasteiger partial charge in [0.05, 0.1) is 0 Å². The maximum absolute atomic E-state index is 12.9. The molecule has 134 valence electrons. The lowest BCUT2D eigenvalue weighted by atomic mass is 10.1. The van der Waals surface area contributed by atoms with Gasteiger partial charge >= 0.3 is 0 Å². The lowest BCUT2D eigenvalue weighted by Gasteiger charge is -2.12. The molecule has 2 aromatic carbocycles. The smallest absolute Gasteiger partial charge is 0.191 e. The third-order valence-corrected chi connectivity index (χ3v) is 4.95. The van der Waals surface area contributed by atoms with Crippen molar-refractivity contribution in [1.29, 1.82) is 0 Å². The van der Waals surface area contributed by atoms with Gasteiger partial charge in [0.15, 0.2) is 5.96 Å². The number of nitrogens with one attached hydrogen (secondary N) is 2. The van der Waals surface area contributed by atoms with E-state index in [1.54, 1.807) is 19.2 Å². The van der Waals surface area contributed by atoms with Gasteiger partial charge in [0.2, 0.25) is 0 Å².